The number of allylic oxidation sites excluding steroid dienone is 2. The molecule has 34 heavy (non-hydrogen) atoms. The Morgan fingerprint density at radius 2 is 1.91 bits per heavy atom. The summed E-state index contributed by atoms with van der Waals surface area (Å²) in [6, 6.07) is 16.0. The van der Waals surface area contributed by atoms with Crippen molar-refractivity contribution < 1.29 is 4.79 Å². The van der Waals surface area contributed by atoms with E-state index < -0.39 is 0 Å². The first-order chi connectivity index (χ1) is 16.3. The molecule has 2 aromatic heterocycles. The van der Waals surface area contributed by atoms with Gasteiger partial charge in [-0.05, 0) is 37.1 Å². The smallest absolute Gasteiger partial charge is 0.333 e. The second-order valence-corrected chi connectivity index (χ2v) is 8.21. The van der Waals surface area contributed by atoms with Gasteiger partial charge in [0, 0.05) is 37.9 Å². The molecule has 0 radical (unpaired) electrons. The van der Waals surface area contributed by atoms with Gasteiger partial charge in [0.05, 0.1) is 28.4 Å². The van der Waals surface area contributed by atoms with Crippen molar-refractivity contribution in [1.29, 1.82) is 0 Å². The van der Waals surface area contributed by atoms with Crippen molar-refractivity contribution >= 4 is 39.8 Å². The first-order valence-electron chi connectivity index (χ1n) is 11.1. The molecule has 0 bridgehead atoms. The molecule has 2 N–H and O–H groups in total. The van der Waals surface area contributed by atoms with Crippen molar-refractivity contribution in [2.24, 2.45) is 17.8 Å². The highest BCUT2D eigenvalue weighted by molar-refractivity contribution is 6.11. The highest BCUT2D eigenvalue weighted by atomic mass is 16.2. The quantitative estimate of drug-likeness (QED) is 0.450. The third kappa shape index (κ3) is 4.10. The van der Waals surface area contributed by atoms with Gasteiger partial charge in [0.25, 0.3) is 0 Å². The molecule has 8 heteroatoms. The SMILES string of the molecule is CCN(C)C(=O)CN=CC(=C(C)N)n1c(=O)n(C)c2cnc3ccc(-c4ccccc4)cc3c21. The van der Waals surface area contributed by atoms with E-state index in [-0.39, 0.29) is 18.1 Å². The van der Waals surface area contributed by atoms with Crippen LogP contribution in [0.5, 0.6) is 0 Å². The molecule has 1 amide bonds. The van der Waals surface area contributed by atoms with E-state index in [1.807, 2.05) is 55.5 Å². The summed E-state index contributed by atoms with van der Waals surface area (Å²) in [7, 11) is 3.43. The maximum absolute atomic E-state index is 13.4. The molecule has 4 rings (SSSR count). The fourth-order valence-corrected chi connectivity index (χ4v) is 3.87. The molecule has 0 aliphatic carbocycles. The van der Waals surface area contributed by atoms with E-state index in [0.717, 1.165) is 22.0 Å². The van der Waals surface area contributed by atoms with Crippen LogP contribution in [0.3, 0.4) is 0 Å². The average Bonchev–Trinajstić information content (AvgIpc) is 3.11. The number of hydrogen-bond acceptors (Lipinski definition) is 5. The van der Waals surface area contributed by atoms with E-state index in [1.54, 1.807) is 41.3 Å². The zero-order valence-electron chi connectivity index (χ0n) is 19.8. The number of likely N-dealkylation sites (N-methyl/N-ethyl adjacent to an activating group) is 1. The van der Waals surface area contributed by atoms with Crippen LogP contribution >= 0.6 is 0 Å². The van der Waals surface area contributed by atoms with Crippen molar-refractivity contribution in [3.63, 3.8) is 0 Å². The minimum Gasteiger partial charge on any atom is -0.401 e. The van der Waals surface area contributed by atoms with E-state index in [2.05, 4.69) is 9.98 Å². The van der Waals surface area contributed by atoms with Gasteiger partial charge in [-0.1, -0.05) is 36.4 Å². The molecule has 0 atom stereocenters. The predicted octanol–water partition coefficient (Wildman–Crippen LogP) is 3.25. The Morgan fingerprint density at radius 1 is 1.18 bits per heavy atom. The number of fused-ring (bicyclic) bond motifs is 3. The van der Waals surface area contributed by atoms with Crippen LogP contribution in [0.1, 0.15) is 13.8 Å². The normalized spacial score (nSPS) is 12.5. The van der Waals surface area contributed by atoms with E-state index in [9.17, 15) is 9.59 Å². The molecule has 4 aromatic rings. The summed E-state index contributed by atoms with van der Waals surface area (Å²) in [5, 5.41) is 0.825. The second-order valence-electron chi connectivity index (χ2n) is 8.21. The predicted molar refractivity (Wildman–Crippen MR) is 138 cm³/mol. The number of nitrogens with zero attached hydrogens (tertiary/aromatic N) is 5. The lowest BCUT2D eigenvalue weighted by atomic mass is 10.0. The van der Waals surface area contributed by atoms with Gasteiger partial charge in [0.1, 0.15) is 6.54 Å². The molecule has 0 spiro atoms. The van der Waals surface area contributed by atoms with Crippen LogP contribution in [-0.2, 0) is 11.8 Å². The van der Waals surface area contributed by atoms with Gasteiger partial charge in [0.2, 0.25) is 5.91 Å². The van der Waals surface area contributed by atoms with Gasteiger partial charge in [0.15, 0.2) is 0 Å². The van der Waals surface area contributed by atoms with Crippen molar-refractivity contribution in [2.75, 3.05) is 20.1 Å². The third-order valence-electron chi connectivity index (χ3n) is 5.98. The van der Waals surface area contributed by atoms with Crippen LogP contribution < -0.4 is 11.4 Å². The fourth-order valence-electron chi connectivity index (χ4n) is 3.87. The zero-order valence-corrected chi connectivity index (χ0v) is 19.8. The number of aliphatic imine (C=N–C) groups is 1. The molecule has 0 saturated heterocycles. The monoisotopic (exact) mass is 456 g/mol. The number of nitrogens with two attached hydrogens (primary N) is 1. The number of aromatic nitrogens is 3. The summed E-state index contributed by atoms with van der Waals surface area (Å²) in [4.78, 5) is 36.0. The molecule has 0 fully saturated rings. The molecule has 0 aliphatic heterocycles. The molecule has 2 aromatic carbocycles. The summed E-state index contributed by atoms with van der Waals surface area (Å²) in [5.41, 5.74) is 11.0. The van der Waals surface area contributed by atoms with Crippen LogP contribution in [0, 0.1) is 0 Å². The number of pyridine rings is 1. The van der Waals surface area contributed by atoms with Gasteiger partial charge in [-0.3, -0.25) is 23.9 Å². The van der Waals surface area contributed by atoms with Gasteiger partial charge < -0.3 is 10.6 Å². The lowest BCUT2D eigenvalue weighted by Crippen LogP contribution is -2.28. The molecule has 174 valence electrons. The molecule has 0 saturated carbocycles. The van der Waals surface area contributed by atoms with Crippen LogP contribution in [-0.4, -0.2) is 51.3 Å². The first kappa shape index (κ1) is 23.0. The highest BCUT2D eigenvalue weighted by Crippen LogP contribution is 2.29. The summed E-state index contributed by atoms with van der Waals surface area (Å²) < 4.78 is 3.10. The highest BCUT2D eigenvalue weighted by Gasteiger charge is 2.18. The summed E-state index contributed by atoms with van der Waals surface area (Å²) >= 11 is 0. The van der Waals surface area contributed by atoms with Gasteiger partial charge in [-0.25, -0.2) is 4.79 Å². The minimum absolute atomic E-state index is 0.0267. The van der Waals surface area contributed by atoms with E-state index >= 15 is 0 Å². The number of amides is 1. The van der Waals surface area contributed by atoms with Crippen molar-refractivity contribution in [3.8, 4) is 11.1 Å². The topological polar surface area (TPSA) is 98.5 Å². The second kappa shape index (κ2) is 9.35. The molecular formula is C26H28N6O2. The van der Waals surface area contributed by atoms with Crippen LogP contribution in [0.2, 0.25) is 0 Å². The van der Waals surface area contributed by atoms with Crippen molar-refractivity contribution in [2.45, 2.75) is 13.8 Å². The lowest BCUT2D eigenvalue weighted by Gasteiger charge is -2.12. The minimum atomic E-state index is -0.266. The maximum atomic E-state index is 13.4. The Labute approximate surface area is 197 Å². The Morgan fingerprint density at radius 3 is 2.59 bits per heavy atom. The third-order valence-corrected chi connectivity index (χ3v) is 5.98. The number of imidazole rings is 1. The largest absolute Gasteiger partial charge is 0.401 e. The van der Waals surface area contributed by atoms with Gasteiger partial charge in [-0.15, -0.1) is 0 Å². The number of carbonyl (C=O) groups is 1. The number of rotatable bonds is 6. The Kier molecular flexibility index (Phi) is 6.32. The Balaban J connectivity index is 1.93. The maximum Gasteiger partial charge on any atom is 0.333 e. The summed E-state index contributed by atoms with van der Waals surface area (Å²) in [6.45, 7) is 4.18. The Bertz CT molecular complexity index is 1490. The van der Waals surface area contributed by atoms with Crippen LogP contribution in [0.4, 0.5) is 0 Å². The van der Waals surface area contributed by atoms with Crippen molar-refractivity contribution in [3.05, 3.63) is 70.9 Å². The van der Waals surface area contributed by atoms with Gasteiger partial charge in [-0.2, -0.15) is 0 Å². The number of benzene rings is 2. The molecule has 0 aliphatic rings. The van der Waals surface area contributed by atoms with Crippen LogP contribution in [0.25, 0.3) is 38.8 Å². The number of hydrogen-bond donors (Lipinski definition) is 1. The number of carbonyl (C=O) groups excluding carboxylic acids is 1. The summed E-state index contributed by atoms with van der Waals surface area (Å²) in [6.07, 6.45) is 3.20. The molecule has 2 heterocycles. The van der Waals surface area contributed by atoms with Crippen LogP contribution in [0.15, 0.2) is 70.2 Å². The van der Waals surface area contributed by atoms with E-state index in [1.165, 1.54) is 6.21 Å². The lowest BCUT2D eigenvalue weighted by molar-refractivity contribution is -0.128. The van der Waals surface area contributed by atoms with Gasteiger partial charge >= 0.3 is 5.69 Å². The fraction of sp³-hybridized carbons (Fsp3) is 0.231. The van der Waals surface area contributed by atoms with E-state index in [4.69, 9.17) is 5.73 Å². The standard InChI is InChI=1S/C26H28N6O2/c1-5-30(3)24(33)16-28-14-22(17(2)27)32-25-20-13-19(18-9-7-6-8-10-18)11-12-21(20)29-15-23(25)31(4)26(32)34/h6-15H,5,16,27H2,1-4H3. The first-order valence-corrected chi connectivity index (χ1v) is 11.1. The summed E-state index contributed by atoms with van der Waals surface area (Å²) in [5.74, 6) is -0.111. The molecule has 8 nitrogen and oxygen atoms in total. The molecule has 0 unspecified atom stereocenters. The Hall–Kier alpha value is -4.20. The zero-order chi connectivity index (χ0) is 24.4. The number of aryl methyl sites for hydroxylation is 1. The average molecular weight is 457 g/mol. The van der Waals surface area contributed by atoms with Crippen molar-refractivity contribution in [1.82, 2.24) is 19.0 Å². The molecular weight excluding hydrogens is 428 g/mol. The van der Waals surface area contributed by atoms with E-state index in [0.29, 0.717) is 29.0 Å².